The Morgan fingerprint density at radius 2 is 1.57 bits per heavy atom. The molecule has 0 heterocycles. The Hall–Kier alpha value is -0.210. The summed E-state index contributed by atoms with van der Waals surface area (Å²) in [6, 6.07) is 0. The van der Waals surface area contributed by atoms with Gasteiger partial charge >= 0.3 is 6.18 Å². The highest BCUT2D eigenvalue weighted by atomic mass is 19.4. The Bertz CT molecular complexity index is 470. The van der Waals surface area contributed by atoms with Gasteiger partial charge in [0.2, 0.25) is 0 Å². The van der Waals surface area contributed by atoms with E-state index in [1.165, 1.54) is 38.5 Å². The summed E-state index contributed by atoms with van der Waals surface area (Å²) < 4.78 is 41.1. The minimum Gasteiger partial charge on any atom is -0.171 e. The van der Waals surface area contributed by atoms with E-state index in [2.05, 4.69) is 13.8 Å². The molecule has 3 heteroatoms. The molecule has 0 N–H and O–H groups in total. The molecule has 0 aliphatic heterocycles. The molecule has 4 rings (SSSR count). The van der Waals surface area contributed by atoms with Crippen molar-refractivity contribution in [1.82, 2.24) is 0 Å². The molecule has 0 aromatic rings. The van der Waals surface area contributed by atoms with Gasteiger partial charge in [-0.3, -0.25) is 0 Å². The number of fused-ring (bicyclic) bond motifs is 5. The largest absolute Gasteiger partial charge is 0.392 e. The lowest BCUT2D eigenvalue weighted by atomic mass is 9.45. The minimum atomic E-state index is -3.99. The maximum absolute atomic E-state index is 13.7. The molecule has 7 atom stereocenters. The molecule has 23 heavy (non-hydrogen) atoms. The normalized spacial score (nSPS) is 53.3. The third-order valence-electron chi connectivity index (χ3n) is 8.84. The molecule has 132 valence electrons. The van der Waals surface area contributed by atoms with Crippen LogP contribution in [0.5, 0.6) is 0 Å². The van der Waals surface area contributed by atoms with E-state index >= 15 is 0 Å². The topological polar surface area (TPSA) is 0 Å². The zero-order valence-electron chi connectivity index (χ0n) is 14.6. The summed E-state index contributed by atoms with van der Waals surface area (Å²) in [6.07, 6.45) is 6.89. The first kappa shape index (κ1) is 16.3. The number of halogens is 3. The van der Waals surface area contributed by atoms with Gasteiger partial charge in [-0.05, 0) is 85.9 Å². The van der Waals surface area contributed by atoms with E-state index in [-0.39, 0.29) is 11.3 Å². The van der Waals surface area contributed by atoms with Crippen molar-refractivity contribution in [3.05, 3.63) is 0 Å². The number of hydrogen-bond acceptors (Lipinski definition) is 0. The van der Waals surface area contributed by atoms with Crippen molar-refractivity contribution >= 4 is 0 Å². The highest BCUT2D eigenvalue weighted by Crippen LogP contribution is 2.68. The van der Waals surface area contributed by atoms with E-state index in [0.29, 0.717) is 23.7 Å². The van der Waals surface area contributed by atoms with Gasteiger partial charge in [-0.15, -0.1) is 0 Å². The molecule has 0 nitrogen and oxygen atoms in total. The van der Waals surface area contributed by atoms with Crippen LogP contribution in [0.25, 0.3) is 0 Å². The number of alkyl halides is 3. The summed E-state index contributed by atoms with van der Waals surface area (Å²) >= 11 is 0. The van der Waals surface area contributed by atoms with E-state index in [4.69, 9.17) is 0 Å². The van der Waals surface area contributed by atoms with Crippen molar-refractivity contribution in [3.63, 3.8) is 0 Å². The summed E-state index contributed by atoms with van der Waals surface area (Å²) in [5, 5.41) is 0. The average molecular weight is 328 g/mol. The van der Waals surface area contributed by atoms with Gasteiger partial charge in [0, 0.05) is 0 Å². The molecule has 4 saturated carbocycles. The second kappa shape index (κ2) is 5.14. The predicted octanol–water partition coefficient (Wildman–Crippen LogP) is 6.60. The fourth-order valence-corrected chi connectivity index (χ4v) is 7.73. The van der Waals surface area contributed by atoms with Gasteiger partial charge in [0.15, 0.2) is 0 Å². The Balaban J connectivity index is 1.68. The van der Waals surface area contributed by atoms with Crippen molar-refractivity contribution in [2.45, 2.75) is 84.2 Å². The Labute approximate surface area is 138 Å². The van der Waals surface area contributed by atoms with E-state index in [0.717, 1.165) is 25.2 Å². The van der Waals surface area contributed by atoms with E-state index in [1.54, 1.807) is 0 Å². The van der Waals surface area contributed by atoms with Crippen LogP contribution in [-0.4, -0.2) is 6.18 Å². The van der Waals surface area contributed by atoms with Gasteiger partial charge < -0.3 is 0 Å². The van der Waals surface area contributed by atoms with Crippen molar-refractivity contribution in [1.29, 1.82) is 0 Å². The maximum atomic E-state index is 13.7. The molecule has 4 fully saturated rings. The Morgan fingerprint density at radius 1 is 0.826 bits per heavy atom. The molecule has 0 spiro atoms. The van der Waals surface area contributed by atoms with Crippen molar-refractivity contribution in [3.8, 4) is 0 Å². The summed E-state index contributed by atoms with van der Waals surface area (Å²) in [5.41, 5.74) is 0.292. The first-order chi connectivity index (χ1) is 10.8. The highest BCUT2D eigenvalue weighted by molar-refractivity contribution is 5.09. The van der Waals surface area contributed by atoms with Crippen LogP contribution >= 0.6 is 0 Å². The van der Waals surface area contributed by atoms with Crippen LogP contribution < -0.4 is 0 Å². The summed E-state index contributed by atoms with van der Waals surface area (Å²) in [7, 11) is 0. The van der Waals surface area contributed by atoms with Gasteiger partial charge in [0.25, 0.3) is 0 Å². The summed E-state index contributed by atoms with van der Waals surface area (Å²) in [6.45, 7) is 4.61. The molecule has 0 aromatic carbocycles. The second-order valence-corrected chi connectivity index (χ2v) is 9.70. The highest BCUT2D eigenvalue weighted by Gasteiger charge is 2.63. The lowest BCUT2D eigenvalue weighted by molar-refractivity contribution is -0.211. The number of hydrogen-bond donors (Lipinski definition) is 0. The third-order valence-corrected chi connectivity index (χ3v) is 8.84. The molecule has 1 unspecified atom stereocenters. The fraction of sp³-hybridized carbons (Fsp3) is 1.00. The standard InChI is InChI=1S/C20H31F3/c1-18-11-8-15-14(17(18)16(9-12-18)20(21,22)23)7-6-13-5-3-4-10-19(13,15)2/h13-17H,3-12H2,1-2H3/t13-,14+,15-,16?,17+,18+,19-/m0/s1. The quantitative estimate of drug-likeness (QED) is 0.470. The van der Waals surface area contributed by atoms with E-state index < -0.39 is 12.1 Å². The zero-order chi connectivity index (χ0) is 16.5. The molecule has 4 aliphatic rings. The first-order valence-corrected chi connectivity index (χ1v) is 9.82. The number of rotatable bonds is 0. The van der Waals surface area contributed by atoms with E-state index in [1.807, 2.05) is 0 Å². The molecular formula is C20H31F3. The monoisotopic (exact) mass is 328 g/mol. The van der Waals surface area contributed by atoms with Gasteiger partial charge in [-0.1, -0.05) is 26.7 Å². The van der Waals surface area contributed by atoms with E-state index in [9.17, 15) is 13.2 Å². The molecule has 0 bridgehead atoms. The Kier molecular flexibility index (Phi) is 3.64. The lowest BCUT2D eigenvalue weighted by Gasteiger charge is -2.60. The lowest BCUT2D eigenvalue weighted by Crippen LogP contribution is -2.54. The van der Waals surface area contributed by atoms with Crippen LogP contribution in [0.3, 0.4) is 0 Å². The summed E-state index contributed by atoms with van der Waals surface area (Å²) in [4.78, 5) is 0. The van der Waals surface area contributed by atoms with Gasteiger partial charge in [-0.2, -0.15) is 13.2 Å². The molecule has 0 aromatic heterocycles. The third kappa shape index (κ3) is 2.31. The SMILES string of the molecule is C[C@@]12CCC(C(F)(F)F)[C@H]1[C@@H]1CC[C@@H]3CCCC[C@]3(C)[C@H]1CC2. The molecule has 4 aliphatic carbocycles. The van der Waals surface area contributed by atoms with Gasteiger partial charge in [0.05, 0.1) is 5.92 Å². The van der Waals surface area contributed by atoms with Crippen molar-refractivity contribution in [2.75, 3.05) is 0 Å². The first-order valence-electron chi connectivity index (χ1n) is 9.82. The van der Waals surface area contributed by atoms with Gasteiger partial charge in [-0.25, -0.2) is 0 Å². The van der Waals surface area contributed by atoms with Crippen LogP contribution in [0.1, 0.15) is 78.1 Å². The van der Waals surface area contributed by atoms with Crippen LogP contribution in [0.2, 0.25) is 0 Å². The van der Waals surface area contributed by atoms with Crippen molar-refractivity contribution in [2.24, 2.45) is 40.4 Å². The van der Waals surface area contributed by atoms with Crippen LogP contribution in [0.15, 0.2) is 0 Å². The molecule has 0 radical (unpaired) electrons. The smallest absolute Gasteiger partial charge is 0.171 e. The summed E-state index contributed by atoms with van der Waals surface area (Å²) in [5.74, 6) is 0.558. The van der Waals surface area contributed by atoms with Crippen LogP contribution in [0.4, 0.5) is 13.2 Å². The molecule has 0 saturated heterocycles. The zero-order valence-corrected chi connectivity index (χ0v) is 14.6. The van der Waals surface area contributed by atoms with Crippen LogP contribution in [-0.2, 0) is 0 Å². The second-order valence-electron chi connectivity index (χ2n) is 9.70. The Morgan fingerprint density at radius 3 is 2.30 bits per heavy atom. The van der Waals surface area contributed by atoms with Gasteiger partial charge in [0.1, 0.15) is 0 Å². The fourth-order valence-electron chi connectivity index (χ4n) is 7.73. The predicted molar refractivity (Wildman–Crippen MR) is 85.9 cm³/mol. The minimum absolute atomic E-state index is 0.0424. The van der Waals surface area contributed by atoms with Crippen molar-refractivity contribution < 1.29 is 13.2 Å². The van der Waals surface area contributed by atoms with Crippen LogP contribution in [0, 0.1) is 40.4 Å². The maximum Gasteiger partial charge on any atom is 0.392 e. The molecular weight excluding hydrogens is 297 g/mol. The average Bonchev–Trinajstić information content (AvgIpc) is 2.84. The molecule has 0 amide bonds.